The van der Waals surface area contributed by atoms with Gasteiger partial charge in [-0.05, 0) is 42.3 Å². The maximum Gasteiger partial charge on any atom is 0.336 e. The highest BCUT2D eigenvalue weighted by atomic mass is 35.5. The summed E-state index contributed by atoms with van der Waals surface area (Å²) < 4.78 is 10.8. The number of anilines is 1. The lowest BCUT2D eigenvalue weighted by Crippen LogP contribution is -2.20. The molecule has 1 heterocycles. The van der Waals surface area contributed by atoms with E-state index in [-0.39, 0.29) is 12.5 Å². The molecule has 0 spiro atoms. The highest BCUT2D eigenvalue weighted by Gasteiger charge is 2.10. The number of fused-ring (bicyclic) bond motifs is 1. The number of aryl methyl sites for hydroxylation is 1. The predicted octanol–water partition coefficient (Wildman–Crippen LogP) is 5.07. The van der Waals surface area contributed by atoms with Gasteiger partial charge in [-0.25, -0.2) is 4.79 Å². The summed E-state index contributed by atoms with van der Waals surface area (Å²) in [6, 6.07) is 11.5. The molecule has 3 aromatic rings. The molecule has 1 amide bonds. The number of rotatable bonds is 6. The zero-order chi connectivity index (χ0) is 19.4. The summed E-state index contributed by atoms with van der Waals surface area (Å²) in [7, 11) is 0. The highest BCUT2D eigenvalue weighted by molar-refractivity contribution is 6.35. The number of carbonyl (C=O) groups is 1. The molecule has 0 saturated carbocycles. The van der Waals surface area contributed by atoms with Crippen molar-refractivity contribution in [1.82, 2.24) is 0 Å². The van der Waals surface area contributed by atoms with Gasteiger partial charge in [0.15, 0.2) is 6.61 Å². The van der Waals surface area contributed by atoms with Crippen molar-refractivity contribution in [2.24, 2.45) is 0 Å². The van der Waals surface area contributed by atoms with E-state index >= 15 is 0 Å². The van der Waals surface area contributed by atoms with Crippen molar-refractivity contribution in [3.05, 3.63) is 68.5 Å². The molecule has 140 valence electrons. The molecule has 0 bridgehead atoms. The zero-order valence-electron chi connectivity index (χ0n) is 14.6. The molecular formula is C20H17Cl2NO4. The summed E-state index contributed by atoms with van der Waals surface area (Å²) in [5, 5.41) is 4.34. The first-order chi connectivity index (χ1) is 13.0. The monoisotopic (exact) mass is 405 g/mol. The van der Waals surface area contributed by atoms with Crippen LogP contribution in [0.2, 0.25) is 10.0 Å². The number of benzene rings is 2. The molecule has 3 rings (SSSR count). The lowest BCUT2D eigenvalue weighted by atomic mass is 10.1. The first kappa shape index (κ1) is 19.3. The second kappa shape index (κ2) is 8.46. The van der Waals surface area contributed by atoms with E-state index in [4.69, 9.17) is 32.4 Å². The fraction of sp³-hybridized carbons (Fsp3) is 0.200. The third kappa shape index (κ3) is 4.81. The molecule has 27 heavy (non-hydrogen) atoms. The van der Waals surface area contributed by atoms with Crippen LogP contribution >= 0.6 is 23.2 Å². The van der Waals surface area contributed by atoms with Crippen LogP contribution in [0.5, 0.6) is 5.75 Å². The lowest BCUT2D eigenvalue weighted by molar-refractivity contribution is -0.118. The topological polar surface area (TPSA) is 68.5 Å². The Morgan fingerprint density at radius 2 is 1.96 bits per heavy atom. The SMILES string of the molecule is CCCc1cc(=O)oc2cc(OCC(=O)Nc3cc(Cl)ccc3Cl)ccc12. The second-order valence-corrected chi connectivity index (χ2v) is 6.80. The molecule has 0 radical (unpaired) electrons. The average Bonchev–Trinajstić information content (AvgIpc) is 2.63. The van der Waals surface area contributed by atoms with Crippen LogP contribution in [0.15, 0.2) is 51.7 Å². The largest absolute Gasteiger partial charge is 0.484 e. The van der Waals surface area contributed by atoms with E-state index in [2.05, 4.69) is 5.32 Å². The minimum Gasteiger partial charge on any atom is -0.484 e. The molecule has 1 aromatic heterocycles. The van der Waals surface area contributed by atoms with Crippen LogP contribution in [0.3, 0.4) is 0 Å². The number of hydrogen-bond donors (Lipinski definition) is 1. The van der Waals surface area contributed by atoms with Crippen LogP contribution < -0.4 is 15.7 Å². The number of ether oxygens (including phenoxy) is 1. The number of halogens is 2. The molecule has 0 aliphatic heterocycles. The second-order valence-electron chi connectivity index (χ2n) is 5.96. The molecule has 1 N–H and O–H groups in total. The van der Waals surface area contributed by atoms with Gasteiger partial charge in [0, 0.05) is 22.5 Å². The van der Waals surface area contributed by atoms with E-state index in [1.807, 2.05) is 13.0 Å². The van der Waals surface area contributed by atoms with E-state index in [1.165, 1.54) is 6.07 Å². The summed E-state index contributed by atoms with van der Waals surface area (Å²) in [4.78, 5) is 23.8. The number of carbonyl (C=O) groups excluding carboxylic acids is 1. The molecule has 0 atom stereocenters. The number of amides is 1. The van der Waals surface area contributed by atoms with Gasteiger partial charge in [-0.15, -0.1) is 0 Å². The summed E-state index contributed by atoms with van der Waals surface area (Å²) in [6.45, 7) is 1.82. The van der Waals surface area contributed by atoms with E-state index < -0.39 is 5.63 Å². The van der Waals surface area contributed by atoms with Crippen LogP contribution in [0, 0.1) is 0 Å². The van der Waals surface area contributed by atoms with Crippen molar-refractivity contribution < 1.29 is 13.9 Å². The van der Waals surface area contributed by atoms with Crippen LogP contribution in [-0.2, 0) is 11.2 Å². The van der Waals surface area contributed by atoms with Gasteiger partial charge in [-0.3, -0.25) is 4.79 Å². The summed E-state index contributed by atoms with van der Waals surface area (Å²) in [6.07, 6.45) is 1.70. The van der Waals surface area contributed by atoms with E-state index in [9.17, 15) is 9.59 Å². The normalized spacial score (nSPS) is 10.8. The summed E-state index contributed by atoms with van der Waals surface area (Å²) in [5.74, 6) is 0.0343. The zero-order valence-corrected chi connectivity index (χ0v) is 16.1. The lowest BCUT2D eigenvalue weighted by Gasteiger charge is -2.10. The van der Waals surface area contributed by atoms with Crippen molar-refractivity contribution in [3.63, 3.8) is 0 Å². The fourth-order valence-electron chi connectivity index (χ4n) is 2.70. The molecule has 2 aromatic carbocycles. The van der Waals surface area contributed by atoms with E-state index in [0.717, 1.165) is 23.8 Å². The number of hydrogen-bond acceptors (Lipinski definition) is 4. The molecule has 0 unspecified atom stereocenters. The third-order valence-corrected chi connectivity index (χ3v) is 4.46. The van der Waals surface area contributed by atoms with Crippen molar-refractivity contribution in [3.8, 4) is 5.75 Å². The third-order valence-electron chi connectivity index (χ3n) is 3.89. The Morgan fingerprint density at radius 3 is 2.74 bits per heavy atom. The van der Waals surface area contributed by atoms with Gasteiger partial charge in [-0.1, -0.05) is 36.5 Å². The van der Waals surface area contributed by atoms with Gasteiger partial charge in [0.1, 0.15) is 11.3 Å². The Hall–Kier alpha value is -2.50. The first-order valence-electron chi connectivity index (χ1n) is 8.40. The van der Waals surface area contributed by atoms with Crippen LogP contribution in [0.1, 0.15) is 18.9 Å². The van der Waals surface area contributed by atoms with Gasteiger partial charge in [0.2, 0.25) is 0 Å². The standard InChI is InChI=1S/C20H17Cl2NO4/c1-2-3-12-8-20(25)27-18-10-14(5-6-15(12)18)26-11-19(24)23-17-9-13(21)4-7-16(17)22/h4-10H,2-3,11H2,1H3,(H,23,24). The molecule has 0 aliphatic carbocycles. The van der Waals surface area contributed by atoms with E-state index in [0.29, 0.717) is 27.1 Å². The van der Waals surface area contributed by atoms with Crippen molar-refractivity contribution >= 4 is 45.8 Å². The summed E-state index contributed by atoms with van der Waals surface area (Å²) >= 11 is 11.9. The van der Waals surface area contributed by atoms with Gasteiger partial charge in [0.25, 0.3) is 5.91 Å². The fourth-order valence-corrected chi connectivity index (χ4v) is 3.04. The maximum atomic E-state index is 12.1. The Labute approximate surface area is 165 Å². The molecule has 0 fully saturated rings. The Bertz CT molecular complexity index is 1050. The Kier molecular flexibility index (Phi) is 6.04. The predicted molar refractivity (Wildman–Crippen MR) is 107 cm³/mol. The smallest absolute Gasteiger partial charge is 0.336 e. The average molecular weight is 406 g/mol. The number of nitrogens with one attached hydrogen (secondary N) is 1. The minimum atomic E-state index is -0.406. The molecule has 0 saturated heterocycles. The quantitative estimate of drug-likeness (QED) is 0.581. The Balaban J connectivity index is 1.72. The van der Waals surface area contributed by atoms with Crippen LogP contribution in [0.25, 0.3) is 11.0 Å². The maximum absolute atomic E-state index is 12.1. The highest BCUT2D eigenvalue weighted by Crippen LogP contribution is 2.26. The van der Waals surface area contributed by atoms with E-state index in [1.54, 1.807) is 30.3 Å². The van der Waals surface area contributed by atoms with Crippen LogP contribution in [-0.4, -0.2) is 12.5 Å². The minimum absolute atomic E-state index is 0.229. The van der Waals surface area contributed by atoms with Gasteiger partial charge < -0.3 is 14.5 Å². The summed E-state index contributed by atoms with van der Waals surface area (Å²) in [5.41, 5.74) is 1.37. The van der Waals surface area contributed by atoms with Gasteiger partial charge in [-0.2, -0.15) is 0 Å². The Morgan fingerprint density at radius 1 is 1.15 bits per heavy atom. The molecular weight excluding hydrogens is 389 g/mol. The van der Waals surface area contributed by atoms with Crippen LogP contribution in [0.4, 0.5) is 5.69 Å². The van der Waals surface area contributed by atoms with Crippen molar-refractivity contribution in [1.29, 1.82) is 0 Å². The molecule has 5 nitrogen and oxygen atoms in total. The van der Waals surface area contributed by atoms with Gasteiger partial charge in [0.05, 0.1) is 10.7 Å². The van der Waals surface area contributed by atoms with Crippen molar-refractivity contribution in [2.75, 3.05) is 11.9 Å². The van der Waals surface area contributed by atoms with Crippen molar-refractivity contribution in [2.45, 2.75) is 19.8 Å². The molecule has 0 aliphatic rings. The first-order valence-corrected chi connectivity index (χ1v) is 9.16. The van der Waals surface area contributed by atoms with Gasteiger partial charge >= 0.3 is 5.63 Å². The molecule has 7 heteroatoms.